The van der Waals surface area contributed by atoms with E-state index in [1.807, 2.05) is 0 Å². The second kappa shape index (κ2) is 7.73. The van der Waals surface area contributed by atoms with Gasteiger partial charge in [0.2, 0.25) is 0 Å². The largest absolute Gasteiger partial charge is 0.198 e. The predicted octanol–water partition coefficient (Wildman–Crippen LogP) is 4.07. The standard InChI is InChI=1S/C15H21N3/c16-11-14-9-7-5-3-1-2-4-6-8-10-15(14,12-17)13-18/h14H,1-10H2. The van der Waals surface area contributed by atoms with Crippen molar-refractivity contribution < 1.29 is 0 Å². The third-order valence-corrected chi connectivity index (χ3v) is 3.96. The fraction of sp³-hybridized carbons (Fsp3) is 0.800. The quantitative estimate of drug-likeness (QED) is 0.643. The molecule has 0 aromatic heterocycles. The summed E-state index contributed by atoms with van der Waals surface area (Å²) in [7, 11) is 0. The van der Waals surface area contributed by atoms with Crippen molar-refractivity contribution in [3.05, 3.63) is 0 Å². The van der Waals surface area contributed by atoms with E-state index in [0.717, 1.165) is 25.7 Å². The highest BCUT2D eigenvalue weighted by Gasteiger charge is 2.39. The Hall–Kier alpha value is -1.53. The Balaban J connectivity index is 2.77. The number of nitriles is 3. The molecular weight excluding hydrogens is 222 g/mol. The average molecular weight is 243 g/mol. The van der Waals surface area contributed by atoms with Crippen LogP contribution in [-0.4, -0.2) is 0 Å². The summed E-state index contributed by atoms with van der Waals surface area (Å²) in [6.07, 6.45) is 10.2. The van der Waals surface area contributed by atoms with E-state index in [-0.39, 0.29) is 0 Å². The molecule has 0 aliphatic heterocycles. The number of nitrogens with zero attached hydrogens (tertiary/aromatic N) is 3. The van der Waals surface area contributed by atoms with Crippen LogP contribution < -0.4 is 0 Å². The maximum atomic E-state index is 9.32. The van der Waals surface area contributed by atoms with Gasteiger partial charge in [0.05, 0.1) is 24.1 Å². The number of rotatable bonds is 0. The molecule has 18 heavy (non-hydrogen) atoms. The van der Waals surface area contributed by atoms with E-state index < -0.39 is 11.3 Å². The summed E-state index contributed by atoms with van der Waals surface area (Å²) in [5.74, 6) is -0.424. The van der Waals surface area contributed by atoms with Crippen LogP contribution in [0.2, 0.25) is 0 Å². The van der Waals surface area contributed by atoms with Crippen molar-refractivity contribution in [2.45, 2.75) is 64.2 Å². The topological polar surface area (TPSA) is 71.4 Å². The average Bonchev–Trinajstić information content (AvgIpc) is 2.40. The summed E-state index contributed by atoms with van der Waals surface area (Å²) in [5.41, 5.74) is -1.08. The summed E-state index contributed by atoms with van der Waals surface area (Å²) in [4.78, 5) is 0. The van der Waals surface area contributed by atoms with E-state index in [1.165, 1.54) is 25.7 Å². The molecule has 0 radical (unpaired) electrons. The monoisotopic (exact) mass is 243 g/mol. The van der Waals surface area contributed by atoms with E-state index in [0.29, 0.717) is 12.8 Å². The Morgan fingerprint density at radius 1 is 0.722 bits per heavy atom. The summed E-state index contributed by atoms with van der Waals surface area (Å²) in [5, 5.41) is 27.9. The minimum absolute atomic E-state index is 0.424. The fourth-order valence-electron chi connectivity index (χ4n) is 2.70. The molecule has 1 aliphatic carbocycles. The predicted molar refractivity (Wildman–Crippen MR) is 68.9 cm³/mol. The van der Waals surface area contributed by atoms with Crippen LogP contribution in [0.15, 0.2) is 0 Å². The SMILES string of the molecule is N#CC1CCCCCCCCCCC1(C#N)C#N. The van der Waals surface area contributed by atoms with Crippen molar-refractivity contribution in [2.24, 2.45) is 11.3 Å². The summed E-state index contributed by atoms with van der Waals surface area (Å²) in [6.45, 7) is 0. The molecule has 0 aromatic carbocycles. The molecule has 3 nitrogen and oxygen atoms in total. The third-order valence-electron chi connectivity index (χ3n) is 3.96. The summed E-state index contributed by atoms with van der Waals surface area (Å²) in [6, 6.07) is 6.48. The molecule has 1 aliphatic rings. The van der Waals surface area contributed by atoms with Crippen LogP contribution in [0.25, 0.3) is 0 Å². The van der Waals surface area contributed by atoms with Gasteiger partial charge in [0.15, 0.2) is 5.41 Å². The van der Waals surface area contributed by atoms with Crippen LogP contribution >= 0.6 is 0 Å². The Kier molecular flexibility index (Phi) is 6.24. The van der Waals surface area contributed by atoms with Gasteiger partial charge >= 0.3 is 0 Å². The van der Waals surface area contributed by atoms with Gasteiger partial charge in [-0.05, 0) is 12.8 Å². The molecule has 3 heteroatoms. The maximum Gasteiger partial charge on any atom is 0.159 e. The van der Waals surface area contributed by atoms with Crippen molar-refractivity contribution in [1.82, 2.24) is 0 Å². The first-order chi connectivity index (χ1) is 8.79. The van der Waals surface area contributed by atoms with Crippen molar-refractivity contribution >= 4 is 0 Å². The molecule has 96 valence electrons. The molecule has 0 spiro atoms. The highest BCUT2D eigenvalue weighted by atomic mass is 14.5. The number of hydrogen-bond acceptors (Lipinski definition) is 3. The molecule has 0 heterocycles. The van der Waals surface area contributed by atoms with Gasteiger partial charge in [-0.2, -0.15) is 15.8 Å². The normalized spacial score (nSPS) is 25.5. The van der Waals surface area contributed by atoms with Crippen LogP contribution in [0.1, 0.15) is 64.2 Å². The van der Waals surface area contributed by atoms with Gasteiger partial charge in [-0.15, -0.1) is 0 Å². The molecule has 1 unspecified atom stereocenters. The molecule has 0 bridgehead atoms. The second-order valence-corrected chi connectivity index (χ2v) is 5.24. The van der Waals surface area contributed by atoms with E-state index in [2.05, 4.69) is 18.2 Å². The van der Waals surface area contributed by atoms with E-state index in [9.17, 15) is 15.8 Å². The zero-order valence-corrected chi connectivity index (χ0v) is 11.0. The lowest BCUT2D eigenvalue weighted by Crippen LogP contribution is -2.27. The first-order valence-electron chi connectivity index (χ1n) is 7.01. The highest BCUT2D eigenvalue weighted by molar-refractivity contribution is 5.20. The molecule has 0 aromatic rings. The van der Waals surface area contributed by atoms with Gasteiger partial charge < -0.3 is 0 Å². The Labute approximate surface area is 110 Å². The van der Waals surface area contributed by atoms with E-state index in [4.69, 9.17) is 0 Å². The minimum Gasteiger partial charge on any atom is -0.198 e. The van der Waals surface area contributed by atoms with Crippen LogP contribution in [0, 0.1) is 45.3 Å². The van der Waals surface area contributed by atoms with Gasteiger partial charge in [-0.1, -0.05) is 51.4 Å². The molecule has 1 atom stereocenters. The second-order valence-electron chi connectivity index (χ2n) is 5.24. The molecule has 0 N–H and O–H groups in total. The Morgan fingerprint density at radius 2 is 1.22 bits per heavy atom. The van der Waals surface area contributed by atoms with Crippen molar-refractivity contribution in [3.8, 4) is 18.2 Å². The zero-order chi connectivity index (χ0) is 13.3. The molecule has 0 saturated heterocycles. The molecule has 0 amide bonds. The summed E-state index contributed by atoms with van der Waals surface area (Å²) < 4.78 is 0. The third kappa shape index (κ3) is 3.75. The van der Waals surface area contributed by atoms with E-state index in [1.54, 1.807) is 0 Å². The van der Waals surface area contributed by atoms with E-state index >= 15 is 0 Å². The zero-order valence-electron chi connectivity index (χ0n) is 11.0. The van der Waals surface area contributed by atoms with Gasteiger partial charge in [-0.25, -0.2) is 0 Å². The Bertz CT molecular complexity index is 353. The smallest absolute Gasteiger partial charge is 0.159 e. The van der Waals surface area contributed by atoms with Gasteiger partial charge in [0, 0.05) is 0 Å². The van der Waals surface area contributed by atoms with Crippen LogP contribution in [-0.2, 0) is 0 Å². The molecule has 1 saturated carbocycles. The van der Waals surface area contributed by atoms with Crippen LogP contribution in [0.3, 0.4) is 0 Å². The minimum atomic E-state index is -1.08. The fourth-order valence-corrected chi connectivity index (χ4v) is 2.70. The van der Waals surface area contributed by atoms with Crippen molar-refractivity contribution in [2.75, 3.05) is 0 Å². The number of hydrogen-bond donors (Lipinski definition) is 0. The lowest BCUT2D eigenvalue weighted by molar-refractivity contribution is 0.316. The van der Waals surface area contributed by atoms with Crippen LogP contribution in [0.5, 0.6) is 0 Å². The maximum absolute atomic E-state index is 9.32. The van der Waals surface area contributed by atoms with Crippen molar-refractivity contribution in [1.29, 1.82) is 15.8 Å². The lowest BCUT2D eigenvalue weighted by Gasteiger charge is -2.24. The lowest BCUT2D eigenvalue weighted by atomic mass is 9.72. The molecule has 1 fully saturated rings. The molecular formula is C15H21N3. The van der Waals surface area contributed by atoms with Gasteiger partial charge in [0.1, 0.15) is 0 Å². The Morgan fingerprint density at radius 3 is 1.72 bits per heavy atom. The first kappa shape index (κ1) is 14.5. The molecule has 1 rings (SSSR count). The summed E-state index contributed by atoms with van der Waals surface area (Å²) >= 11 is 0. The van der Waals surface area contributed by atoms with Crippen molar-refractivity contribution in [3.63, 3.8) is 0 Å². The highest BCUT2D eigenvalue weighted by Crippen LogP contribution is 2.36. The van der Waals surface area contributed by atoms with Gasteiger partial charge in [0.25, 0.3) is 0 Å². The van der Waals surface area contributed by atoms with Crippen LogP contribution in [0.4, 0.5) is 0 Å². The van der Waals surface area contributed by atoms with Gasteiger partial charge in [-0.3, -0.25) is 0 Å². The first-order valence-corrected chi connectivity index (χ1v) is 7.01.